The summed E-state index contributed by atoms with van der Waals surface area (Å²) in [7, 11) is 0. The van der Waals surface area contributed by atoms with Gasteiger partial charge < -0.3 is 15.5 Å². The zero-order valence-corrected chi connectivity index (χ0v) is 16.1. The third-order valence-corrected chi connectivity index (χ3v) is 4.88. The molecule has 156 valence electrons. The molecule has 0 unspecified atom stereocenters. The van der Waals surface area contributed by atoms with Gasteiger partial charge in [-0.25, -0.2) is 4.79 Å². The molecule has 2 N–H and O–H groups in total. The van der Waals surface area contributed by atoms with Crippen molar-refractivity contribution in [1.82, 2.24) is 10.2 Å². The first-order chi connectivity index (χ1) is 13.9. The van der Waals surface area contributed by atoms with Crippen molar-refractivity contribution in [3.63, 3.8) is 0 Å². The average Bonchev–Trinajstić information content (AvgIpc) is 2.72. The number of anilines is 2. The van der Waals surface area contributed by atoms with Gasteiger partial charge in [0.2, 0.25) is 0 Å². The molecule has 1 aliphatic heterocycles. The number of carbonyl (C=O) groups is 1. The summed E-state index contributed by atoms with van der Waals surface area (Å²) < 4.78 is 38.7. The number of para-hydroxylation sites is 1. The van der Waals surface area contributed by atoms with Crippen LogP contribution in [0.5, 0.6) is 0 Å². The highest BCUT2D eigenvalue weighted by Gasteiger charge is 2.31. The van der Waals surface area contributed by atoms with E-state index in [-0.39, 0.29) is 6.03 Å². The molecule has 0 bridgehead atoms. The summed E-state index contributed by atoms with van der Waals surface area (Å²) in [6.45, 7) is 4.33. The molecule has 1 heterocycles. The summed E-state index contributed by atoms with van der Waals surface area (Å²) >= 11 is 0. The monoisotopic (exact) mass is 406 g/mol. The highest BCUT2D eigenvalue weighted by atomic mass is 19.4. The maximum atomic E-state index is 12.9. The Morgan fingerprint density at radius 1 is 0.966 bits per heavy atom. The van der Waals surface area contributed by atoms with E-state index in [1.54, 1.807) is 6.07 Å². The largest absolute Gasteiger partial charge is 0.416 e. The summed E-state index contributed by atoms with van der Waals surface area (Å²) in [6, 6.07) is 14.5. The smallest absolute Gasteiger partial charge is 0.369 e. The molecule has 0 radical (unpaired) electrons. The third-order valence-electron chi connectivity index (χ3n) is 4.88. The highest BCUT2D eigenvalue weighted by Crippen LogP contribution is 2.31. The molecule has 29 heavy (non-hydrogen) atoms. The Morgan fingerprint density at radius 2 is 1.69 bits per heavy atom. The number of nitrogens with one attached hydrogen (secondary N) is 2. The second-order valence-corrected chi connectivity index (χ2v) is 6.98. The number of amides is 2. The van der Waals surface area contributed by atoms with Crippen molar-refractivity contribution >= 4 is 17.4 Å². The van der Waals surface area contributed by atoms with Crippen LogP contribution >= 0.6 is 0 Å². The number of hydrogen-bond acceptors (Lipinski definition) is 3. The van der Waals surface area contributed by atoms with E-state index in [0.717, 1.165) is 37.8 Å². The zero-order chi connectivity index (χ0) is 20.7. The number of carbonyl (C=O) groups excluding carboxylic acids is 1. The summed E-state index contributed by atoms with van der Waals surface area (Å²) in [5.41, 5.74) is 0.742. The zero-order valence-electron chi connectivity index (χ0n) is 16.1. The van der Waals surface area contributed by atoms with Crippen molar-refractivity contribution in [2.45, 2.75) is 12.6 Å². The van der Waals surface area contributed by atoms with Crippen LogP contribution in [0.2, 0.25) is 0 Å². The number of halogens is 3. The molecule has 1 saturated heterocycles. The molecule has 8 heteroatoms. The predicted molar refractivity (Wildman–Crippen MR) is 108 cm³/mol. The lowest BCUT2D eigenvalue weighted by Gasteiger charge is -2.36. The van der Waals surface area contributed by atoms with E-state index in [9.17, 15) is 18.0 Å². The van der Waals surface area contributed by atoms with Crippen LogP contribution in [0.3, 0.4) is 0 Å². The molecule has 3 rings (SSSR count). The predicted octanol–water partition coefficient (Wildman–Crippen LogP) is 4.04. The van der Waals surface area contributed by atoms with Crippen molar-refractivity contribution in [2.24, 2.45) is 0 Å². The van der Waals surface area contributed by atoms with Gasteiger partial charge in [0.15, 0.2) is 0 Å². The molecule has 1 aliphatic rings. The van der Waals surface area contributed by atoms with Crippen molar-refractivity contribution in [2.75, 3.05) is 49.5 Å². The molecule has 0 aromatic heterocycles. The molecular formula is C21H25F3N4O. The first kappa shape index (κ1) is 21.0. The topological polar surface area (TPSA) is 47.6 Å². The van der Waals surface area contributed by atoms with Gasteiger partial charge in [-0.1, -0.05) is 24.3 Å². The van der Waals surface area contributed by atoms with E-state index in [1.807, 2.05) is 35.2 Å². The quantitative estimate of drug-likeness (QED) is 0.712. The van der Waals surface area contributed by atoms with E-state index in [4.69, 9.17) is 0 Å². The number of nitrogens with zero attached hydrogens (tertiary/aromatic N) is 2. The van der Waals surface area contributed by atoms with Crippen molar-refractivity contribution in [1.29, 1.82) is 0 Å². The normalized spacial score (nSPS) is 15.2. The summed E-state index contributed by atoms with van der Waals surface area (Å²) in [4.78, 5) is 16.1. The minimum Gasteiger partial charge on any atom is -0.369 e. The van der Waals surface area contributed by atoms with E-state index >= 15 is 0 Å². The average molecular weight is 406 g/mol. The van der Waals surface area contributed by atoms with Crippen LogP contribution in [-0.4, -0.2) is 50.2 Å². The first-order valence-corrected chi connectivity index (χ1v) is 9.66. The fraction of sp³-hybridized carbons (Fsp3) is 0.381. The van der Waals surface area contributed by atoms with Crippen LogP contribution in [0.1, 0.15) is 12.0 Å². The highest BCUT2D eigenvalue weighted by molar-refractivity contribution is 5.89. The Balaban J connectivity index is 1.35. The van der Waals surface area contributed by atoms with E-state index in [1.165, 1.54) is 12.1 Å². The van der Waals surface area contributed by atoms with Crippen LogP contribution in [-0.2, 0) is 6.18 Å². The van der Waals surface area contributed by atoms with Crippen molar-refractivity contribution in [3.05, 3.63) is 60.2 Å². The Kier molecular flexibility index (Phi) is 6.98. The molecule has 0 spiro atoms. The molecule has 0 atom stereocenters. The van der Waals surface area contributed by atoms with Crippen molar-refractivity contribution in [3.8, 4) is 0 Å². The SMILES string of the molecule is O=C(NCCCN1CCN(c2cccc(C(F)(F)F)c2)CC1)Nc1ccccc1. The van der Waals surface area contributed by atoms with E-state index in [0.29, 0.717) is 25.3 Å². The van der Waals surface area contributed by atoms with Gasteiger partial charge in [0.1, 0.15) is 0 Å². The van der Waals surface area contributed by atoms with E-state index < -0.39 is 11.7 Å². The minimum atomic E-state index is -4.32. The van der Waals surface area contributed by atoms with Crippen LogP contribution in [0.4, 0.5) is 29.3 Å². The van der Waals surface area contributed by atoms with Crippen LogP contribution in [0.25, 0.3) is 0 Å². The fourth-order valence-electron chi connectivity index (χ4n) is 3.31. The number of alkyl halides is 3. The lowest BCUT2D eigenvalue weighted by atomic mass is 10.1. The van der Waals surface area contributed by atoms with Gasteiger partial charge in [0, 0.05) is 44.1 Å². The molecule has 2 aromatic rings. The van der Waals surface area contributed by atoms with Gasteiger partial charge in [0.05, 0.1) is 5.56 Å². The molecule has 2 aromatic carbocycles. The van der Waals surface area contributed by atoms with Crippen LogP contribution in [0, 0.1) is 0 Å². The lowest BCUT2D eigenvalue weighted by Crippen LogP contribution is -2.47. The van der Waals surface area contributed by atoms with Gasteiger partial charge in [0.25, 0.3) is 0 Å². The molecule has 0 aliphatic carbocycles. The van der Waals surface area contributed by atoms with Gasteiger partial charge in [-0.15, -0.1) is 0 Å². The molecule has 0 saturated carbocycles. The van der Waals surface area contributed by atoms with Crippen LogP contribution in [0.15, 0.2) is 54.6 Å². The van der Waals surface area contributed by atoms with Crippen molar-refractivity contribution < 1.29 is 18.0 Å². The Hall–Kier alpha value is -2.74. The third kappa shape index (κ3) is 6.39. The number of benzene rings is 2. The van der Waals surface area contributed by atoms with Gasteiger partial charge in [-0.3, -0.25) is 4.90 Å². The van der Waals surface area contributed by atoms with Gasteiger partial charge in [-0.2, -0.15) is 13.2 Å². The number of rotatable bonds is 6. The molecular weight excluding hydrogens is 381 g/mol. The molecule has 5 nitrogen and oxygen atoms in total. The van der Waals surface area contributed by atoms with E-state index in [2.05, 4.69) is 15.5 Å². The first-order valence-electron chi connectivity index (χ1n) is 9.66. The van der Waals surface area contributed by atoms with Gasteiger partial charge in [-0.05, 0) is 43.3 Å². The van der Waals surface area contributed by atoms with Crippen LogP contribution < -0.4 is 15.5 Å². The minimum absolute atomic E-state index is 0.231. The second-order valence-electron chi connectivity index (χ2n) is 6.98. The standard InChI is InChI=1S/C21H25F3N4O/c22-21(23,24)17-6-4-9-19(16-17)28-14-12-27(13-15-28)11-5-10-25-20(29)26-18-7-2-1-3-8-18/h1-4,6-9,16H,5,10-15H2,(H2,25,26,29). The number of urea groups is 1. The molecule has 1 fully saturated rings. The number of hydrogen-bond donors (Lipinski definition) is 2. The Morgan fingerprint density at radius 3 is 2.38 bits per heavy atom. The second kappa shape index (κ2) is 9.65. The Bertz CT molecular complexity index is 790. The maximum Gasteiger partial charge on any atom is 0.416 e. The summed E-state index contributed by atoms with van der Waals surface area (Å²) in [5.74, 6) is 0. The molecule has 2 amide bonds. The maximum absolute atomic E-state index is 12.9. The number of piperazine rings is 1. The summed E-state index contributed by atoms with van der Waals surface area (Å²) in [6.07, 6.45) is -3.51. The fourth-order valence-corrected chi connectivity index (χ4v) is 3.31. The van der Waals surface area contributed by atoms with Gasteiger partial charge >= 0.3 is 12.2 Å². The Labute approximate surface area is 168 Å². The summed E-state index contributed by atoms with van der Waals surface area (Å²) in [5, 5.41) is 5.60. The lowest BCUT2D eigenvalue weighted by molar-refractivity contribution is -0.137.